The lowest BCUT2D eigenvalue weighted by atomic mass is 10.1. The number of methoxy groups -OCH3 is 1. The summed E-state index contributed by atoms with van der Waals surface area (Å²) < 4.78 is 4.96. The molecule has 1 N–H and O–H groups in total. The van der Waals surface area contributed by atoms with Crippen molar-refractivity contribution in [3.63, 3.8) is 0 Å². The molecule has 1 amide bonds. The second-order valence-corrected chi connectivity index (χ2v) is 10.5. The Balaban J connectivity index is 1.77. The second-order valence-electron chi connectivity index (χ2n) is 8.35. The first-order chi connectivity index (χ1) is 17.7. The zero-order valence-electron chi connectivity index (χ0n) is 21.3. The number of hydrogen-bond acceptors (Lipinski definition) is 9. The van der Waals surface area contributed by atoms with Crippen molar-refractivity contribution in [2.24, 2.45) is 4.99 Å². The number of Topliss-reactive ketones (excluding diaryl/α,β-unsaturated/α-hetero) is 1. The quantitative estimate of drug-likeness (QED) is 0.290. The average Bonchev–Trinajstić information content (AvgIpc) is 3.35. The SMILES string of the molecule is CCNc1ccc(C(C)=O)cc1N=C1S/C(=C2\SC(C)=C(c3ccccc3)N2CC(=O)OC)C(=O)N1C. The van der Waals surface area contributed by atoms with Gasteiger partial charge in [0.2, 0.25) is 0 Å². The number of esters is 1. The van der Waals surface area contributed by atoms with E-state index in [0.29, 0.717) is 32.9 Å². The maximum absolute atomic E-state index is 13.5. The summed E-state index contributed by atoms with van der Waals surface area (Å²) in [4.78, 5) is 47.4. The zero-order chi connectivity index (χ0) is 26.7. The number of ketones is 1. The van der Waals surface area contributed by atoms with Gasteiger partial charge >= 0.3 is 5.97 Å². The minimum absolute atomic E-state index is 0.0286. The van der Waals surface area contributed by atoms with E-state index in [-0.39, 0.29) is 18.2 Å². The van der Waals surface area contributed by atoms with Crippen LogP contribution in [0, 0.1) is 0 Å². The van der Waals surface area contributed by atoms with Crippen LogP contribution in [0.3, 0.4) is 0 Å². The van der Waals surface area contributed by atoms with Gasteiger partial charge < -0.3 is 15.0 Å². The van der Waals surface area contributed by atoms with Gasteiger partial charge in [0.1, 0.15) is 16.5 Å². The lowest BCUT2D eigenvalue weighted by molar-refractivity contribution is -0.140. The first-order valence-corrected chi connectivity index (χ1v) is 13.3. The third-order valence-electron chi connectivity index (χ3n) is 5.82. The van der Waals surface area contributed by atoms with Crippen LogP contribution in [-0.2, 0) is 14.3 Å². The molecular weight excluding hydrogens is 508 g/mol. The van der Waals surface area contributed by atoms with E-state index in [4.69, 9.17) is 9.73 Å². The Morgan fingerprint density at radius 3 is 2.49 bits per heavy atom. The molecule has 2 aromatic carbocycles. The summed E-state index contributed by atoms with van der Waals surface area (Å²) >= 11 is 2.70. The molecule has 8 nitrogen and oxygen atoms in total. The van der Waals surface area contributed by atoms with Crippen LogP contribution in [-0.4, -0.2) is 59.9 Å². The molecule has 2 aliphatic rings. The monoisotopic (exact) mass is 536 g/mol. The number of carbonyl (C=O) groups excluding carboxylic acids is 3. The van der Waals surface area contributed by atoms with Gasteiger partial charge in [-0.05, 0) is 56.3 Å². The predicted octanol–water partition coefficient (Wildman–Crippen LogP) is 5.29. The summed E-state index contributed by atoms with van der Waals surface area (Å²) in [6.07, 6.45) is 0. The van der Waals surface area contributed by atoms with Crippen LogP contribution in [0.5, 0.6) is 0 Å². The number of allylic oxidation sites excluding steroid dienone is 1. The van der Waals surface area contributed by atoms with Gasteiger partial charge in [0.05, 0.1) is 24.2 Å². The lowest BCUT2D eigenvalue weighted by Crippen LogP contribution is -2.28. The molecule has 0 aromatic heterocycles. The molecule has 4 rings (SSSR count). The number of likely N-dealkylation sites (N-methyl/N-ethyl adjacent to an activating group) is 1. The van der Waals surface area contributed by atoms with Crippen LogP contribution in [0.15, 0.2) is 68.4 Å². The minimum Gasteiger partial charge on any atom is -0.468 e. The number of amides is 1. The number of nitrogens with zero attached hydrogens (tertiary/aromatic N) is 3. The first kappa shape index (κ1) is 26.6. The Labute approximate surface area is 224 Å². The van der Waals surface area contributed by atoms with Crippen LogP contribution in [0.1, 0.15) is 36.7 Å². The highest BCUT2D eigenvalue weighted by Gasteiger charge is 2.39. The van der Waals surface area contributed by atoms with Crippen molar-refractivity contribution < 1.29 is 19.1 Å². The maximum Gasteiger partial charge on any atom is 0.325 e. The van der Waals surface area contributed by atoms with Crippen molar-refractivity contribution in [1.82, 2.24) is 9.80 Å². The Morgan fingerprint density at radius 2 is 1.84 bits per heavy atom. The van der Waals surface area contributed by atoms with E-state index in [0.717, 1.165) is 21.9 Å². The van der Waals surface area contributed by atoms with E-state index < -0.39 is 5.97 Å². The van der Waals surface area contributed by atoms with E-state index in [2.05, 4.69) is 5.32 Å². The number of nitrogens with one attached hydrogen (secondary N) is 1. The summed E-state index contributed by atoms with van der Waals surface area (Å²) in [5, 5.41) is 4.41. The van der Waals surface area contributed by atoms with Gasteiger partial charge in [-0.2, -0.15) is 0 Å². The smallest absolute Gasteiger partial charge is 0.325 e. The van der Waals surface area contributed by atoms with Crippen molar-refractivity contribution in [2.45, 2.75) is 20.8 Å². The number of anilines is 1. The molecule has 0 unspecified atom stereocenters. The summed E-state index contributed by atoms with van der Waals surface area (Å²) in [5.74, 6) is -0.682. The van der Waals surface area contributed by atoms with Gasteiger partial charge in [-0.25, -0.2) is 4.99 Å². The number of amidine groups is 1. The number of aliphatic imine (C=N–C) groups is 1. The number of benzene rings is 2. The van der Waals surface area contributed by atoms with Gasteiger partial charge in [0.15, 0.2) is 11.0 Å². The van der Waals surface area contributed by atoms with Crippen molar-refractivity contribution in [1.29, 1.82) is 0 Å². The minimum atomic E-state index is -0.407. The number of thioether (sulfide) groups is 2. The Morgan fingerprint density at radius 1 is 1.11 bits per heavy atom. The number of carbonyl (C=O) groups is 3. The molecular formula is C27H28N4O4S2. The molecule has 0 radical (unpaired) electrons. The van der Waals surface area contributed by atoms with Gasteiger partial charge in [-0.15, -0.1) is 0 Å². The van der Waals surface area contributed by atoms with Crippen LogP contribution < -0.4 is 5.32 Å². The van der Waals surface area contributed by atoms with E-state index in [9.17, 15) is 14.4 Å². The van der Waals surface area contributed by atoms with Crippen LogP contribution in [0.2, 0.25) is 0 Å². The van der Waals surface area contributed by atoms with Crippen molar-refractivity contribution in [2.75, 3.05) is 32.6 Å². The Bertz CT molecular complexity index is 1350. The summed E-state index contributed by atoms with van der Waals surface area (Å²) in [6.45, 7) is 6.11. The second kappa shape index (κ2) is 11.3. The first-order valence-electron chi connectivity index (χ1n) is 11.7. The zero-order valence-corrected chi connectivity index (χ0v) is 23.0. The molecule has 0 spiro atoms. The third kappa shape index (κ3) is 5.45. The molecule has 2 heterocycles. The molecule has 0 bridgehead atoms. The molecule has 192 valence electrons. The molecule has 1 saturated heterocycles. The van der Waals surface area contributed by atoms with Gasteiger partial charge in [0.25, 0.3) is 5.91 Å². The highest BCUT2D eigenvalue weighted by molar-refractivity contribution is 8.19. The normalized spacial score (nSPS) is 18.7. The maximum atomic E-state index is 13.5. The molecule has 0 aliphatic carbocycles. The van der Waals surface area contributed by atoms with Crippen LogP contribution >= 0.6 is 23.5 Å². The highest BCUT2D eigenvalue weighted by Crippen LogP contribution is 2.50. The molecule has 2 aliphatic heterocycles. The van der Waals surface area contributed by atoms with Crippen molar-refractivity contribution in [3.05, 3.63) is 74.5 Å². The lowest BCUT2D eigenvalue weighted by Gasteiger charge is -2.23. The number of ether oxygens (including phenoxy) is 1. The number of rotatable bonds is 7. The van der Waals surface area contributed by atoms with Crippen molar-refractivity contribution in [3.8, 4) is 0 Å². The molecule has 0 atom stereocenters. The van der Waals surface area contributed by atoms with Crippen molar-refractivity contribution >= 4 is 63.4 Å². The largest absolute Gasteiger partial charge is 0.468 e. The van der Waals surface area contributed by atoms with Crippen LogP contribution in [0.25, 0.3) is 5.70 Å². The van der Waals surface area contributed by atoms with E-state index in [1.807, 2.05) is 55.1 Å². The van der Waals surface area contributed by atoms with Gasteiger partial charge in [-0.1, -0.05) is 42.1 Å². The van der Waals surface area contributed by atoms with E-state index in [1.54, 1.807) is 19.2 Å². The topological polar surface area (TPSA) is 91.3 Å². The highest BCUT2D eigenvalue weighted by atomic mass is 32.2. The summed E-state index contributed by atoms with van der Waals surface area (Å²) in [5.41, 5.74) is 3.70. The standard InChI is InChI=1S/C27H28N4O4S2/c1-6-28-20-13-12-19(16(2)32)14-21(20)29-27-30(4)25(34)24(37-27)26-31(15-22(33)35-5)23(17(3)36-26)18-10-8-7-9-11-18/h7-14,28H,6,15H2,1-5H3/b26-24-,29-27?. The van der Waals surface area contributed by atoms with Gasteiger partial charge in [-0.3, -0.25) is 19.3 Å². The predicted molar refractivity (Wildman–Crippen MR) is 150 cm³/mol. The molecule has 1 fully saturated rings. The average molecular weight is 537 g/mol. The molecule has 0 saturated carbocycles. The third-order valence-corrected chi connectivity index (χ3v) is 8.19. The molecule has 2 aromatic rings. The summed E-state index contributed by atoms with van der Waals surface area (Å²) in [6, 6.07) is 15.1. The molecule has 10 heteroatoms. The summed E-state index contributed by atoms with van der Waals surface area (Å²) in [7, 11) is 3.02. The Kier molecular flexibility index (Phi) is 8.09. The number of hydrogen-bond donors (Lipinski definition) is 1. The van der Waals surface area contributed by atoms with Gasteiger partial charge in [0, 0.05) is 24.1 Å². The fraction of sp³-hybridized carbons (Fsp3) is 0.259. The molecule has 37 heavy (non-hydrogen) atoms. The van der Waals surface area contributed by atoms with Crippen LogP contribution in [0.4, 0.5) is 11.4 Å². The van der Waals surface area contributed by atoms with E-state index >= 15 is 0 Å². The fourth-order valence-electron chi connectivity index (χ4n) is 3.97. The fourth-order valence-corrected chi connectivity index (χ4v) is 6.25. The Hall–Kier alpha value is -3.50. The van der Waals surface area contributed by atoms with E-state index in [1.165, 1.54) is 42.5 Å².